The van der Waals surface area contributed by atoms with E-state index in [4.69, 9.17) is 18.9 Å². The second-order valence-electron chi connectivity index (χ2n) is 8.19. The number of carbonyl (C=O) groups excluding carboxylic acids is 2. The van der Waals surface area contributed by atoms with Crippen LogP contribution in [0, 0.1) is 0 Å². The van der Waals surface area contributed by atoms with Crippen LogP contribution in [-0.4, -0.2) is 37.0 Å². The number of esters is 2. The van der Waals surface area contributed by atoms with Crippen molar-refractivity contribution in [3.05, 3.63) is 108 Å². The predicted molar refractivity (Wildman–Crippen MR) is 126 cm³/mol. The average molecular weight is 461 g/mol. The molecule has 3 aromatic carbocycles. The van der Waals surface area contributed by atoms with Gasteiger partial charge in [0.15, 0.2) is 0 Å². The number of carbonyl (C=O) groups is 2. The SMILES string of the molecule is CC(=O)OC1C[C@H](OC(C)=O)[C@@H](COC(c2ccccc2)(c2ccccc2)c2ccccc2)O1. The van der Waals surface area contributed by atoms with Crippen molar-refractivity contribution in [2.75, 3.05) is 6.61 Å². The first-order valence-corrected chi connectivity index (χ1v) is 11.3. The van der Waals surface area contributed by atoms with Crippen LogP contribution in [0.3, 0.4) is 0 Å². The lowest BCUT2D eigenvalue weighted by molar-refractivity contribution is -0.180. The Kier molecular flexibility index (Phi) is 7.40. The molecule has 0 amide bonds. The van der Waals surface area contributed by atoms with Gasteiger partial charge in [0.1, 0.15) is 17.8 Å². The number of hydrogen-bond acceptors (Lipinski definition) is 6. The zero-order chi connectivity index (χ0) is 24.0. The Morgan fingerprint density at radius 3 is 1.62 bits per heavy atom. The summed E-state index contributed by atoms with van der Waals surface area (Å²) in [6.45, 7) is 2.77. The Hall–Kier alpha value is -3.48. The fraction of sp³-hybridized carbons (Fsp3) is 0.286. The van der Waals surface area contributed by atoms with Gasteiger partial charge in [-0.3, -0.25) is 9.59 Å². The van der Waals surface area contributed by atoms with Crippen LogP contribution in [-0.2, 0) is 34.1 Å². The molecule has 0 aliphatic carbocycles. The zero-order valence-corrected chi connectivity index (χ0v) is 19.3. The van der Waals surface area contributed by atoms with Gasteiger partial charge >= 0.3 is 11.9 Å². The molecule has 4 rings (SSSR count). The smallest absolute Gasteiger partial charge is 0.304 e. The Labute approximate surface area is 199 Å². The Morgan fingerprint density at radius 2 is 1.21 bits per heavy atom. The van der Waals surface area contributed by atoms with Crippen LogP contribution in [0.25, 0.3) is 0 Å². The van der Waals surface area contributed by atoms with Gasteiger partial charge in [-0.2, -0.15) is 0 Å². The van der Waals surface area contributed by atoms with Gasteiger partial charge in [-0.15, -0.1) is 0 Å². The van der Waals surface area contributed by atoms with Crippen molar-refractivity contribution in [1.29, 1.82) is 0 Å². The summed E-state index contributed by atoms with van der Waals surface area (Å²) in [7, 11) is 0. The highest BCUT2D eigenvalue weighted by atomic mass is 16.7. The molecule has 3 aromatic rings. The van der Waals surface area contributed by atoms with Crippen LogP contribution in [0.5, 0.6) is 0 Å². The van der Waals surface area contributed by atoms with Gasteiger partial charge < -0.3 is 18.9 Å². The molecule has 1 aliphatic rings. The molecule has 0 spiro atoms. The largest absolute Gasteiger partial charge is 0.459 e. The molecule has 0 saturated carbocycles. The summed E-state index contributed by atoms with van der Waals surface area (Å²) in [5.41, 5.74) is 1.91. The minimum Gasteiger partial charge on any atom is -0.459 e. The molecule has 6 nitrogen and oxygen atoms in total. The first-order valence-electron chi connectivity index (χ1n) is 11.3. The summed E-state index contributed by atoms with van der Waals surface area (Å²) in [5, 5.41) is 0. The van der Waals surface area contributed by atoms with Crippen LogP contribution in [0.1, 0.15) is 37.0 Å². The van der Waals surface area contributed by atoms with Gasteiger partial charge in [0.2, 0.25) is 6.29 Å². The summed E-state index contributed by atoms with van der Waals surface area (Å²) in [6.07, 6.45) is -1.75. The highest BCUT2D eigenvalue weighted by Crippen LogP contribution is 2.41. The van der Waals surface area contributed by atoms with E-state index < -0.39 is 36.0 Å². The summed E-state index contributed by atoms with van der Waals surface area (Å²) in [5.74, 6) is -0.886. The maximum absolute atomic E-state index is 11.7. The van der Waals surface area contributed by atoms with E-state index in [0.717, 1.165) is 16.7 Å². The van der Waals surface area contributed by atoms with Crippen LogP contribution >= 0.6 is 0 Å². The molecule has 1 aliphatic heterocycles. The van der Waals surface area contributed by atoms with Gasteiger partial charge in [-0.1, -0.05) is 91.0 Å². The molecule has 0 aromatic heterocycles. The third kappa shape index (κ3) is 5.19. The predicted octanol–water partition coefficient (Wildman–Crippen LogP) is 4.60. The Bertz CT molecular complexity index is 987. The second kappa shape index (κ2) is 10.6. The number of ether oxygens (including phenoxy) is 4. The summed E-state index contributed by atoms with van der Waals surface area (Å²) >= 11 is 0. The van der Waals surface area contributed by atoms with Crippen molar-refractivity contribution in [2.45, 2.75) is 44.4 Å². The molecule has 1 heterocycles. The van der Waals surface area contributed by atoms with E-state index in [2.05, 4.69) is 0 Å². The fourth-order valence-corrected chi connectivity index (χ4v) is 4.40. The van der Waals surface area contributed by atoms with Gasteiger partial charge in [0, 0.05) is 13.8 Å². The summed E-state index contributed by atoms with van der Waals surface area (Å²) < 4.78 is 23.4. The number of benzene rings is 3. The molecular formula is C28H28O6. The third-order valence-electron chi connectivity index (χ3n) is 5.79. The molecule has 0 bridgehead atoms. The normalized spacial score (nSPS) is 20.0. The Balaban J connectivity index is 1.73. The van der Waals surface area contributed by atoms with Crippen LogP contribution in [0.2, 0.25) is 0 Å². The topological polar surface area (TPSA) is 71.1 Å². The molecular weight excluding hydrogens is 432 g/mol. The van der Waals surface area contributed by atoms with E-state index in [1.165, 1.54) is 13.8 Å². The van der Waals surface area contributed by atoms with Crippen LogP contribution < -0.4 is 0 Å². The van der Waals surface area contributed by atoms with E-state index in [9.17, 15) is 9.59 Å². The van der Waals surface area contributed by atoms with E-state index in [0.29, 0.717) is 0 Å². The molecule has 34 heavy (non-hydrogen) atoms. The molecule has 6 heteroatoms. The maximum atomic E-state index is 11.7. The monoisotopic (exact) mass is 460 g/mol. The first-order chi connectivity index (χ1) is 16.5. The molecule has 0 N–H and O–H groups in total. The van der Waals surface area contributed by atoms with Crippen molar-refractivity contribution >= 4 is 11.9 Å². The van der Waals surface area contributed by atoms with E-state index in [1.54, 1.807) is 0 Å². The molecule has 3 atom stereocenters. The standard InChI is InChI=1S/C28H28O6/c1-20(29)32-25-18-27(33-21(2)30)34-26(25)19-31-28(22-12-6-3-7-13-22,23-14-8-4-9-15-23)24-16-10-5-11-17-24/h3-17,25-27H,18-19H2,1-2H3/t25-,26+,27?/m0/s1. The van der Waals surface area contributed by atoms with Crippen molar-refractivity contribution < 1.29 is 28.5 Å². The van der Waals surface area contributed by atoms with Crippen LogP contribution in [0.4, 0.5) is 0 Å². The molecule has 1 saturated heterocycles. The number of rotatable bonds is 8. The zero-order valence-electron chi connectivity index (χ0n) is 19.3. The lowest BCUT2D eigenvalue weighted by Crippen LogP contribution is -2.39. The summed E-state index contributed by atoms with van der Waals surface area (Å²) in [6, 6.07) is 29.9. The second-order valence-corrected chi connectivity index (χ2v) is 8.19. The quantitative estimate of drug-likeness (QED) is 0.361. The first kappa shape index (κ1) is 23.7. The van der Waals surface area contributed by atoms with Gasteiger partial charge in [-0.05, 0) is 16.7 Å². The Morgan fingerprint density at radius 1 is 0.765 bits per heavy atom. The maximum Gasteiger partial charge on any atom is 0.304 e. The third-order valence-corrected chi connectivity index (χ3v) is 5.79. The lowest BCUT2D eigenvalue weighted by Gasteiger charge is -2.37. The minimum absolute atomic E-state index is 0.106. The molecule has 1 unspecified atom stereocenters. The number of hydrogen-bond donors (Lipinski definition) is 0. The average Bonchev–Trinajstić information content (AvgIpc) is 3.21. The van der Waals surface area contributed by atoms with Crippen molar-refractivity contribution in [1.82, 2.24) is 0 Å². The van der Waals surface area contributed by atoms with E-state index >= 15 is 0 Å². The van der Waals surface area contributed by atoms with Crippen molar-refractivity contribution in [2.24, 2.45) is 0 Å². The fourth-order valence-electron chi connectivity index (χ4n) is 4.40. The minimum atomic E-state index is -0.937. The lowest BCUT2D eigenvalue weighted by atomic mass is 9.80. The van der Waals surface area contributed by atoms with Gasteiger partial charge in [-0.25, -0.2) is 0 Å². The summed E-state index contributed by atoms with van der Waals surface area (Å²) in [4.78, 5) is 23.2. The van der Waals surface area contributed by atoms with E-state index in [-0.39, 0.29) is 13.0 Å². The molecule has 0 radical (unpaired) electrons. The van der Waals surface area contributed by atoms with Crippen LogP contribution in [0.15, 0.2) is 91.0 Å². The highest BCUT2D eigenvalue weighted by molar-refractivity contribution is 5.66. The van der Waals surface area contributed by atoms with Gasteiger partial charge in [0.05, 0.1) is 13.0 Å². The van der Waals surface area contributed by atoms with Gasteiger partial charge in [0.25, 0.3) is 0 Å². The van der Waals surface area contributed by atoms with E-state index in [1.807, 2.05) is 91.0 Å². The highest BCUT2D eigenvalue weighted by Gasteiger charge is 2.43. The van der Waals surface area contributed by atoms with Crippen molar-refractivity contribution in [3.63, 3.8) is 0 Å². The van der Waals surface area contributed by atoms with Crippen molar-refractivity contribution in [3.8, 4) is 0 Å². The molecule has 1 fully saturated rings. The molecule has 176 valence electrons.